The summed E-state index contributed by atoms with van der Waals surface area (Å²) in [5, 5.41) is 3.00. The molecule has 0 saturated heterocycles. The molecule has 0 spiro atoms. The summed E-state index contributed by atoms with van der Waals surface area (Å²) < 4.78 is 4.99. The molecule has 0 aliphatic carbocycles. The minimum absolute atomic E-state index is 0.107. The second-order valence-electron chi connectivity index (χ2n) is 4.92. The topological polar surface area (TPSA) is 51.2 Å². The second kappa shape index (κ2) is 5.17. The molecule has 1 aromatic rings. The average molecular weight is 236 g/mol. The highest BCUT2D eigenvalue weighted by molar-refractivity contribution is 5.94. The Labute approximate surface area is 102 Å². The molecule has 1 aromatic heterocycles. The standard InChI is InChI=1S/C13H20N2O2/c1-9(2)13(3,4)15-12(16)10-6-7-14-11(8-10)17-5/h6-9H,1-5H3,(H,15,16). The van der Waals surface area contributed by atoms with Crippen molar-refractivity contribution >= 4 is 5.91 Å². The van der Waals surface area contributed by atoms with Crippen molar-refractivity contribution in [3.05, 3.63) is 23.9 Å². The summed E-state index contributed by atoms with van der Waals surface area (Å²) in [5.41, 5.74) is 0.318. The summed E-state index contributed by atoms with van der Waals surface area (Å²) >= 11 is 0. The van der Waals surface area contributed by atoms with Crippen molar-refractivity contribution < 1.29 is 9.53 Å². The zero-order chi connectivity index (χ0) is 13.1. The van der Waals surface area contributed by atoms with Crippen LogP contribution in [0.25, 0.3) is 0 Å². The van der Waals surface area contributed by atoms with E-state index in [9.17, 15) is 4.79 Å². The van der Waals surface area contributed by atoms with E-state index in [0.717, 1.165) is 0 Å². The maximum absolute atomic E-state index is 12.0. The largest absolute Gasteiger partial charge is 0.481 e. The first kappa shape index (κ1) is 13.5. The second-order valence-corrected chi connectivity index (χ2v) is 4.92. The molecule has 0 atom stereocenters. The molecular formula is C13H20N2O2. The van der Waals surface area contributed by atoms with Crippen LogP contribution in [0.1, 0.15) is 38.1 Å². The molecule has 0 fully saturated rings. The zero-order valence-corrected chi connectivity index (χ0v) is 11.1. The fourth-order valence-electron chi connectivity index (χ4n) is 1.17. The van der Waals surface area contributed by atoms with Crippen molar-refractivity contribution in [2.75, 3.05) is 7.11 Å². The third-order valence-corrected chi connectivity index (χ3v) is 3.09. The number of ether oxygens (including phenoxy) is 1. The maximum atomic E-state index is 12.0. The van der Waals surface area contributed by atoms with E-state index in [4.69, 9.17) is 4.74 Å². The third-order valence-electron chi connectivity index (χ3n) is 3.09. The number of aromatic nitrogens is 1. The number of nitrogens with zero attached hydrogens (tertiary/aromatic N) is 1. The normalized spacial score (nSPS) is 11.4. The van der Waals surface area contributed by atoms with Crippen molar-refractivity contribution in [2.45, 2.75) is 33.2 Å². The third kappa shape index (κ3) is 3.44. The summed E-state index contributed by atoms with van der Waals surface area (Å²) in [6, 6.07) is 3.31. The lowest BCUT2D eigenvalue weighted by Gasteiger charge is -2.30. The van der Waals surface area contributed by atoms with E-state index in [-0.39, 0.29) is 11.4 Å². The van der Waals surface area contributed by atoms with Gasteiger partial charge in [0, 0.05) is 23.4 Å². The average Bonchev–Trinajstić information content (AvgIpc) is 2.28. The van der Waals surface area contributed by atoms with Crippen LogP contribution >= 0.6 is 0 Å². The van der Waals surface area contributed by atoms with Crippen molar-refractivity contribution in [1.82, 2.24) is 10.3 Å². The molecule has 0 bridgehead atoms. The highest BCUT2D eigenvalue weighted by Crippen LogP contribution is 2.16. The summed E-state index contributed by atoms with van der Waals surface area (Å²) in [4.78, 5) is 16.0. The van der Waals surface area contributed by atoms with Gasteiger partial charge in [-0.15, -0.1) is 0 Å². The number of pyridine rings is 1. The Morgan fingerprint density at radius 3 is 2.65 bits per heavy atom. The van der Waals surface area contributed by atoms with Gasteiger partial charge in [0.1, 0.15) is 0 Å². The molecule has 0 saturated carbocycles. The van der Waals surface area contributed by atoms with Gasteiger partial charge in [-0.1, -0.05) is 13.8 Å². The van der Waals surface area contributed by atoms with Gasteiger partial charge in [0.2, 0.25) is 5.88 Å². The van der Waals surface area contributed by atoms with E-state index >= 15 is 0 Å². The van der Waals surface area contributed by atoms with Crippen LogP contribution in [0.5, 0.6) is 5.88 Å². The van der Waals surface area contributed by atoms with Gasteiger partial charge in [-0.3, -0.25) is 4.79 Å². The molecule has 4 nitrogen and oxygen atoms in total. The fourth-order valence-corrected chi connectivity index (χ4v) is 1.17. The Kier molecular flexibility index (Phi) is 4.10. The Morgan fingerprint density at radius 1 is 1.47 bits per heavy atom. The molecule has 1 amide bonds. The lowest BCUT2D eigenvalue weighted by atomic mass is 9.90. The van der Waals surface area contributed by atoms with E-state index in [0.29, 0.717) is 17.4 Å². The van der Waals surface area contributed by atoms with Crippen molar-refractivity contribution in [3.8, 4) is 5.88 Å². The fraction of sp³-hybridized carbons (Fsp3) is 0.538. The van der Waals surface area contributed by atoms with Gasteiger partial charge in [-0.2, -0.15) is 0 Å². The van der Waals surface area contributed by atoms with E-state index in [1.165, 1.54) is 7.11 Å². The number of amides is 1. The molecule has 0 aliphatic heterocycles. The molecule has 0 aromatic carbocycles. The van der Waals surface area contributed by atoms with Crippen LogP contribution in [0.2, 0.25) is 0 Å². The van der Waals surface area contributed by atoms with E-state index in [1.807, 2.05) is 13.8 Å². The van der Waals surface area contributed by atoms with Gasteiger partial charge in [-0.25, -0.2) is 4.98 Å². The van der Waals surface area contributed by atoms with Gasteiger partial charge in [-0.05, 0) is 25.8 Å². The Bertz CT molecular complexity index is 400. The molecule has 0 radical (unpaired) electrons. The number of carbonyl (C=O) groups is 1. The van der Waals surface area contributed by atoms with Crippen LogP contribution in [-0.2, 0) is 0 Å². The van der Waals surface area contributed by atoms with Crippen LogP contribution in [0.4, 0.5) is 0 Å². The number of hydrogen-bond donors (Lipinski definition) is 1. The van der Waals surface area contributed by atoms with Crippen LogP contribution in [0.3, 0.4) is 0 Å². The van der Waals surface area contributed by atoms with Gasteiger partial charge < -0.3 is 10.1 Å². The predicted octanol–water partition coefficient (Wildman–Crippen LogP) is 2.25. The first-order valence-corrected chi connectivity index (χ1v) is 5.69. The molecule has 0 unspecified atom stereocenters. The molecule has 1 heterocycles. The number of hydrogen-bond acceptors (Lipinski definition) is 3. The van der Waals surface area contributed by atoms with Crippen molar-refractivity contribution in [2.24, 2.45) is 5.92 Å². The Morgan fingerprint density at radius 2 is 2.12 bits per heavy atom. The van der Waals surface area contributed by atoms with Gasteiger partial charge >= 0.3 is 0 Å². The number of rotatable bonds is 4. The highest BCUT2D eigenvalue weighted by Gasteiger charge is 2.24. The quantitative estimate of drug-likeness (QED) is 0.872. The summed E-state index contributed by atoms with van der Waals surface area (Å²) in [6.07, 6.45) is 1.57. The lowest BCUT2D eigenvalue weighted by Crippen LogP contribution is -2.47. The van der Waals surface area contributed by atoms with Gasteiger partial charge in [0.05, 0.1) is 7.11 Å². The molecule has 17 heavy (non-hydrogen) atoms. The highest BCUT2D eigenvalue weighted by atomic mass is 16.5. The van der Waals surface area contributed by atoms with Gasteiger partial charge in [0.15, 0.2) is 0 Å². The first-order valence-electron chi connectivity index (χ1n) is 5.69. The van der Waals surface area contributed by atoms with Crippen LogP contribution in [-0.4, -0.2) is 23.5 Å². The van der Waals surface area contributed by atoms with Crippen LogP contribution in [0.15, 0.2) is 18.3 Å². The Balaban J connectivity index is 2.83. The lowest BCUT2D eigenvalue weighted by molar-refractivity contribution is 0.0889. The smallest absolute Gasteiger partial charge is 0.251 e. The molecule has 1 rings (SSSR count). The van der Waals surface area contributed by atoms with Crippen LogP contribution < -0.4 is 10.1 Å². The maximum Gasteiger partial charge on any atom is 0.251 e. The number of carbonyl (C=O) groups excluding carboxylic acids is 1. The van der Waals surface area contributed by atoms with Gasteiger partial charge in [0.25, 0.3) is 5.91 Å². The molecule has 94 valence electrons. The van der Waals surface area contributed by atoms with E-state index in [1.54, 1.807) is 18.3 Å². The molecule has 4 heteroatoms. The predicted molar refractivity (Wildman–Crippen MR) is 67.2 cm³/mol. The minimum atomic E-state index is -0.242. The molecule has 0 aliphatic rings. The summed E-state index contributed by atoms with van der Waals surface area (Å²) in [6.45, 7) is 8.17. The monoisotopic (exact) mass is 236 g/mol. The minimum Gasteiger partial charge on any atom is -0.481 e. The van der Waals surface area contributed by atoms with Crippen molar-refractivity contribution in [3.63, 3.8) is 0 Å². The number of nitrogens with one attached hydrogen (secondary N) is 1. The summed E-state index contributed by atoms with van der Waals surface area (Å²) in [7, 11) is 1.53. The SMILES string of the molecule is COc1cc(C(=O)NC(C)(C)C(C)C)ccn1. The molecular weight excluding hydrogens is 216 g/mol. The number of methoxy groups -OCH3 is 1. The first-order chi connectivity index (χ1) is 7.86. The van der Waals surface area contributed by atoms with E-state index in [2.05, 4.69) is 24.1 Å². The van der Waals surface area contributed by atoms with Crippen LogP contribution in [0, 0.1) is 5.92 Å². The summed E-state index contributed by atoms with van der Waals surface area (Å²) in [5.74, 6) is 0.694. The Hall–Kier alpha value is -1.58. The zero-order valence-electron chi connectivity index (χ0n) is 11.1. The van der Waals surface area contributed by atoms with E-state index < -0.39 is 0 Å². The van der Waals surface area contributed by atoms with Crippen molar-refractivity contribution in [1.29, 1.82) is 0 Å². The molecule has 1 N–H and O–H groups in total.